The molecule has 2 rings (SSSR count). The van der Waals surface area contributed by atoms with E-state index in [-0.39, 0.29) is 17.7 Å². The maximum Gasteiger partial charge on any atom is 0.453 e. The zero-order valence-corrected chi connectivity index (χ0v) is 21.4. The number of carbonyl (C=O) groups excluding carboxylic acids is 2. The summed E-state index contributed by atoms with van der Waals surface area (Å²) in [6.45, 7) is 5.45. The Morgan fingerprint density at radius 2 is 1.53 bits per heavy atom. The van der Waals surface area contributed by atoms with Gasteiger partial charge in [-0.05, 0) is 38.2 Å². The summed E-state index contributed by atoms with van der Waals surface area (Å²) in [6, 6.07) is 3.17. The molecule has 0 bridgehead atoms. The first-order chi connectivity index (χ1) is 16.7. The van der Waals surface area contributed by atoms with Crippen molar-refractivity contribution in [1.82, 2.24) is 4.90 Å². The number of carbonyl (C=O) groups is 2. The number of piperidine rings is 1. The minimum Gasteiger partial charge on any atom is -0.465 e. The molecule has 1 aromatic heterocycles. The minimum atomic E-state index is -0.848. The monoisotopic (exact) mass is 479 g/mol. The van der Waals surface area contributed by atoms with Crippen molar-refractivity contribution in [2.45, 2.75) is 123 Å². The molecule has 1 unspecified atom stereocenters. The molecule has 1 fully saturated rings. The molecule has 0 aromatic carbocycles. The van der Waals surface area contributed by atoms with Crippen LogP contribution in [0.3, 0.4) is 0 Å². The van der Waals surface area contributed by atoms with Crippen LogP contribution < -0.4 is 4.74 Å². The Hall–Kier alpha value is -2.18. The van der Waals surface area contributed by atoms with Gasteiger partial charge < -0.3 is 14.1 Å². The quantitative estimate of drug-likeness (QED) is 0.137. The van der Waals surface area contributed by atoms with Gasteiger partial charge in [-0.25, -0.2) is 19.4 Å². The van der Waals surface area contributed by atoms with Gasteiger partial charge in [-0.1, -0.05) is 84.5 Å². The van der Waals surface area contributed by atoms with E-state index in [0.717, 1.165) is 38.5 Å². The van der Waals surface area contributed by atoms with Crippen molar-refractivity contribution in [1.29, 1.82) is 0 Å². The largest absolute Gasteiger partial charge is 0.465 e. The van der Waals surface area contributed by atoms with Gasteiger partial charge in [-0.15, -0.1) is 0 Å². The molecule has 1 aromatic rings. The molecule has 7 nitrogen and oxygen atoms in total. The Morgan fingerprint density at radius 1 is 0.882 bits per heavy atom. The minimum absolute atomic E-state index is 0.0526. The average molecular weight is 480 g/mol. The molecule has 1 amide bonds. The highest BCUT2D eigenvalue weighted by Gasteiger charge is 2.28. The number of likely N-dealkylation sites (tertiary alicyclic amines) is 1. The van der Waals surface area contributed by atoms with E-state index in [0.29, 0.717) is 13.2 Å². The highest BCUT2D eigenvalue weighted by atomic mass is 17.2. The van der Waals surface area contributed by atoms with E-state index in [1.54, 1.807) is 11.0 Å². The van der Waals surface area contributed by atoms with Crippen LogP contribution in [0.25, 0.3) is 0 Å². The topological polar surface area (TPSA) is 78.2 Å². The lowest BCUT2D eigenvalue weighted by Gasteiger charge is -2.33. The van der Waals surface area contributed by atoms with Crippen molar-refractivity contribution in [3.8, 4) is 5.95 Å². The van der Waals surface area contributed by atoms with Gasteiger partial charge in [0.25, 0.3) is 5.95 Å². The summed E-state index contributed by atoms with van der Waals surface area (Å²) in [6.07, 6.45) is 18.6. The third-order valence-corrected chi connectivity index (χ3v) is 6.55. The molecule has 7 heteroatoms. The van der Waals surface area contributed by atoms with Gasteiger partial charge in [-0.3, -0.25) is 0 Å². The zero-order chi connectivity index (χ0) is 24.4. The molecule has 194 valence electrons. The Balaban J connectivity index is 1.51. The SMILES string of the molecule is CCCCCCCCCCCCCCOc1ccc(C(=O)OOC(=O)N2CCCCC2CC)o1. The molecule has 1 saturated heterocycles. The smallest absolute Gasteiger partial charge is 0.453 e. The summed E-state index contributed by atoms with van der Waals surface area (Å²) in [7, 11) is 0. The Bertz CT molecular complexity index is 688. The lowest BCUT2D eigenvalue weighted by atomic mass is 10.0. The molecule has 0 N–H and O–H groups in total. The molecular weight excluding hydrogens is 434 g/mol. The zero-order valence-electron chi connectivity index (χ0n) is 21.4. The first-order valence-electron chi connectivity index (χ1n) is 13.6. The number of furan rings is 1. The summed E-state index contributed by atoms with van der Waals surface area (Å²) in [5, 5.41) is 0. The summed E-state index contributed by atoms with van der Waals surface area (Å²) in [5.41, 5.74) is 0. The van der Waals surface area contributed by atoms with Crippen molar-refractivity contribution in [3.63, 3.8) is 0 Å². The van der Waals surface area contributed by atoms with Crippen LogP contribution in [0.5, 0.6) is 5.95 Å². The van der Waals surface area contributed by atoms with E-state index in [9.17, 15) is 9.59 Å². The van der Waals surface area contributed by atoms with Crippen molar-refractivity contribution in [3.05, 3.63) is 17.9 Å². The van der Waals surface area contributed by atoms with Crippen LogP contribution in [0, 0.1) is 0 Å². The Labute approximate surface area is 205 Å². The van der Waals surface area contributed by atoms with E-state index in [1.165, 1.54) is 70.3 Å². The van der Waals surface area contributed by atoms with E-state index in [2.05, 4.69) is 6.92 Å². The molecule has 34 heavy (non-hydrogen) atoms. The van der Waals surface area contributed by atoms with Gasteiger partial charge in [0, 0.05) is 18.7 Å². The first kappa shape index (κ1) is 28.1. The van der Waals surface area contributed by atoms with Gasteiger partial charge >= 0.3 is 12.1 Å². The van der Waals surface area contributed by atoms with Crippen LogP contribution >= 0.6 is 0 Å². The maximum absolute atomic E-state index is 12.2. The van der Waals surface area contributed by atoms with Crippen LogP contribution in [0.15, 0.2) is 16.5 Å². The summed E-state index contributed by atoms with van der Waals surface area (Å²) in [4.78, 5) is 35.4. The molecule has 1 aliphatic heterocycles. The Morgan fingerprint density at radius 3 is 2.18 bits per heavy atom. The van der Waals surface area contributed by atoms with Gasteiger partial charge in [0.15, 0.2) is 0 Å². The van der Waals surface area contributed by atoms with Crippen LogP contribution in [0.4, 0.5) is 4.79 Å². The second-order valence-electron chi connectivity index (χ2n) is 9.33. The van der Waals surface area contributed by atoms with Crippen LogP contribution in [0.1, 0.15) is 127 Å². The second-order valence-corrected chi connectivity index (χ2v) is 9.33. The van der Waals surface area contributed by atoms with Gasteiger partial charge in [-0.2, -0.15) is 0 Å². The molecular formula is C27H45NO6. The summed E-state index contributed by atoms with van der Waals surface area (Å²) >= 11 is 0. The number of hydrogen-bond donors (Lipinski definition) is 0. The third kappa shape index (κ3) is 10.8. The highest BCUT2D eigenvalue weighted by molar-refractivity contribution is 5.86. The molecule has 0 spiro atoms. The normalized spacial score (nSPS) is 15.8. The van der Waals surface area contributed by atoms with Crippen molar-refractivity contribution in [2.24, 2.45) is 0 Å². The molecule has 1 atom stereocenters. The van der Waals surface area contributed by atoms with Gasteiger partial charge in [0.2, 0.25) is 5.76 Å². The predicted octanol–water partition coefficient (Wildman–Crippen LogP) is 7.83. The van der Waals surface area contributed by atoms with Crippen molar-refractivity contribution >= 4 is 12.1 Å². The van der Waals surface area contributed by atoms with Crippen LogP contribution in [0.2, 0.25) is 0 Å². The number of ether oxygens (including phenoxy) is 1. The molecule has 2 heterocycles. The van der Waals surface area contributed by atoms with Gasteiger partial charge in [0.05, 0.1) is 6.61 Å². The lowest BCUT2D eigenvalue weighted by molar-refractivity contribution is -0.196. The number of amides is 1. The molecule has 1 aliphatic rings. The average Bonchev–Trinajstić information content (AvgIpc) is 3.34. The number of rotatable bonds is 16. The van der Waals surface area contributed by atoms with Crippen LogP contribution in [-0.4, -0.2) is 36.2 Å². The van der Waals surface area contributed by atoms with E-state index in [4.69, 9.17) is 18.9 Å². The van der Waals surface area contributed by atoms with Crippen molar-refractivity contribution in [2.75, 3.05) is 13.2 Å². The second kappa shape index (κ2) is 17.3. The van der Waals surface area contributed by atoms with Crippen molar-refractivity contribution < 1.29 is 28.5 Å². The first-order valence-corrected chi connectivity index (χ1v) is 13.6. The lowest BCUT2D eigenvalue weighted by Crippen LogP contribution is -2.43. The van der Waals surface area contributed by atoms with Crippen LogP contribution in [-0.2, 0) is 9.78 Å². The molecule has 0 radical (unpaired) electrons. The Kier molecular flexibility index (Phi) is 14.3. The maximum atomic E-state index is 12.2. The molecule has 0 aliphatic carbocycles. The number of hydrogen-bond acceptors (Lipinski definition) is 6. The fraction of sp³-hybridized carbons (Fsp3) is 0.778. The van der Waals surface area contributed by atoms with E-state index >= 15 is 0 Å². The van der Waals surface area contributed by atoms with E-state index < -0.39 is 12.1 Å². The number of nitrogens with zero attached hydrogens (tertiary/aromatic N) is 1. The standard InChI is InChI=1S/C27H45NO6/c1-3-5-6-7-8-9-10-11-12-13-14-17-22-31-25-20-19-24(32-25)26(29)33-34-27(30)28-21-16-15-18-23(28)4-2/h19-20,23H,3-18,21-22H2,1-2H3. The molecule has 0 saturated carbocycles. The predicted molar refractivity (Wildman–Crippen MR) is 132 cm³/mol. The number of unbranched alkanes of at least 4 members (excludes halogenated alkanes) is 11. The highest BCUT2D eigenvalue weighted by Crippen LogP contribution is 2.21. The fourth-order valence-corrected chi connectivity index (χ4v) is 4.45. The van der Waals surface area contributed by atoms with E-state index in [1.807, 2.05) is 6.92 Å². The summed E-state index contributed by atoms with van der Waals surface area (Å²) in [5.74, 6) is -0.634. The van der Waals surface area contributed by atoms with Gasteiger partial charge in [0.1, 0.15) is 0 Å². The third-order valence-electron chi connectivity index (χ3n) is 6.55. The fourth-order valence-electron chi connectivity index (χ4n) is 4.45. The summed E-state index contributed by atoms with van der Waals surface area (Å²) < 4.78 is 11.0.